The maximum Gasteiger partial charge on any atom is 0.0897 e. The average molecular weight is 235 g/mol. The van der Waals surface area contributed by atoms with Crippen molar-refractivity contribution in [2.45, 2.75) is 25.0 Å². The Hall–Kier alpha value is -0.900. The summed E-state index contributed by atoms with van der Waals surface area (Å²) in [6.07, 6.45) is 2.14. The molecule has 0 radical (unpaired) electrons. The van der Waals surface area contributed by atoms with Crippen LogP contribution in [0.4, 0.5) is 0 Å². The Morgan fingerprint density at radius 3 is 2.65 bits per heavy atom. The van der Waals surface area contributed by atoms with Crippen LogP contribution >= 0.6 is 0 Å². The van der Waals surface area contributed by atoms with Gasteiger partial charge in [0.25, 0.3) is 0 Å². The zero-order valence-corrected chi connectivity index (χ0v) is 10.3. The van der Waals surface area contributed by atoms with Gasteiger partial charge in [-0.05, 0) is 24.3 Å². The fraction of sp³-hybridized carbons (Fsp3) is 0.571. The van der Waals surface area contributed by atoms with E-state index in [2.05, 4.69) is 29.6 Å². The minimum atomic E-state index is -0.426. The third-order valence-corrected chi connectivity index (χ3v) is 3.18. The zero-order chi connectivity index (χ0) is 12.1. The summed E-state index contributed by atoms with van der Waals surface area (Å²) in [5.74, 6) is 0.729. The van der Waals surface area contributed by atoms with Crippen molar-refractivity contribution in [3.8, 4) is 0 Å². The van der Waals surface area contributed by atoms with Crippen LogP contribution in [-0.4, -0.2) is 31.5 Å². The monoisotopic (exact) mass is 235 g/mol. The van der Waals surface area contributed by atoms with Gasteiger partial charge in [0.1, 0.15) is 0 Å². The van der Waals surface area contributed by atoms with E-state index in [1.54, 1.807) is 7.11 Å². The summed E-state index contributed by atoms with van der Waals surface area (Å²) in [6.45, 7) is 0.975. The lowest BCUT2D eigenvalue weighted by Gasteiger charge is -2.20. The fourth-order valence-corrected chi connectivity index (χ4v) is 2.16. The van der Waals surface area contributed by atoms with Crippen LogP contribution in [0.25, 0.3) is 0 Å². The number of rotatable bonds is 7. The Labute approximate surface area is 103 Å². The first kappa shape index (κ1) is 12.6. The number of hydrogen-bond acceptors (Lipinski definition) is 3. The number of aliphatic hydroxyl groups is 1. The van der Waals surface area contributed by atoms with E-state index in [0.717, 1.165) is 5.92 Å². The van der Waals surface area contributed by atoms with Gasteiger partial charge < -0.3 is 15.2 Å². The molecule has 1 aliphatic rings. The summed E-state index contributed by atoms with van der Waals surface area (Å²) in [4.78, 5) is 0. The zero-order valence-electron chi connectivity index (χ0n) is 10.3. The molecule has 0 spiro atoms. The number of hydrogen-bond donors (Lipinski definition) is 2. The van der Waals surface area contributed by atoms with Gasteiger partial charge in [0.05, 0.1) is 12.7 Å². The van der Waals surface area contributed by atoms with Crippen molar-refractivity contribution in [1.82, 2.24) is 5.32 Å². The summed E-state index contributed by atoms with van der Waals surface area (Å²) >= 11 is 0. The summed E-state index contributed by atoms with van der Waals surface area (Å²) in [5, 5.41) is 13.1. The molecule has 94 valence electrons. The van der Waals surface area contributed by atoms with Crippen molar-refractivity contribution in [3.63, 3.8) is 0 Å². The van der Waals surface area contributed by atoms with Gasteiger partial charge in [0, 0.05) is 19.7 Å². The van der Waals surface area contributed by atoms with Gasteiger partial charge in [-0.25, -0.2) is 0 Å². The SMILES string of the molecule is COCC(O)CNC(c1ccccc1)C1CC1. The number of aliphatic hydroxyl groups excluding tert-OH is 1. The molecule has 2 atom stereocenters. The van der Waals surface area contributed by atoms with Crippen molar-refractivity contribution < 1.29 is 9.84 Å². The van der Waals surface area contributed by atoms with Crippen molar-refractivity contribution in [2.24, 2.45) is 5.92 Å². The van der Waals surface area contributed by atoms with Crippen molar-refractivity contribution in [1.29, 1.82) is 0 Å². The van der Waals surface area contributed by atoms with Gasteiger partial charge in [0.2, 0.25) is 0 Å². The van der Waals surface area contributed by atoms with Crippen LogP contribution in [0, 0.1) is 5.92 Å². The van der Waals surface area contributed by atoms with Gasteiger partial charge in [-0.1, -0.05) is 30.3 Å². The smallest absolute Gasteiger partial charge is 0.0897 e. The van der Waals surface area contributed by atoms with Crippen molar-refractivity contribution in [3.05, 3.63) is 35.9 Å². The van der Waals surface area contributed by atoms with Gasteiger partial charge in [-0.15, -0.1) is 0 Å². The third-order valence-electron chi connectivity index (χ3n) is 3.18. The Bertz CT molecular complexity index is 324. The van der Waals surface area contributed by atoms with E-state index in [0.29, 0.717) is 19.2 Å². The Kier molecular flexibility index (Phi) is 4.54. The molecule has 0 saturated heterocycles. The molecule has 1 fully saturated rings. The van der Waals surface area contributed by atoms with Gasteiger partial charge >= 0.3 is 0 Å². The Morgan fingerprint density at radius 2 is 2.06 bits per heavy atom. The largest absolute Gasteiger partial charge is 0.389 e. The predicted molar refractivity (Wildman–Crippen MR) is 67.8 cm³/mol. The molecule has 1 aliphatic carbocycles. The minimum absolute atomic E-state index is 0.378. The molecule has 1 aromatic rings. The molecule has 0 bridgehead atoms. The van der Waals surface area contributed by atoms with Crippen LogP contribution in [0.15, 0.2) is 30.3 Å². The summed E-state index contributed by atoms with van der Waals surface area (Å²) in [5.41, 5.74) is 1.32. The fourth-order valence-electron chi connectivity index (χ4n) is 2.16. The van der Waals surface area contributed by atoms with Crippen LogP contribution in [0.2, 0.25) is 0 Å². The van der Waals surface area contributed by atoms with E-state index in [1.807, 2.05) is 6.07 Å². The first-order valence-electron chi connectivity index (χ1n) is 6.26. The molecule has 0 aliphatic heterocycles. The van der Waals surface area contributed by atoms with Gasteiger partial charge in [0.15, 0.2) is 0 Å². The lowest BCUT2D eigenvalue weighted by molar-refractivity contribution is 0.0621. The van der Waals surface area contributed by atoms with E-state index in [9.17, 15) is 5.11 Å². The molecule has 2 rings (SSSR count). The van der Waals surface area contributed by atoms with E-state index in [-0.39, 0.29) is 0 Å². The van der Waals surface area contributed by atoms with E-state index in [1.165, 1.54) is 18.4 Å². The molecule has 17 heavy (non-hydrogen) atoms. The maximum atomic E-state index is 9.66. The molecular formula is C14H21NO2. The molecule has 3 nitrogen and oxygen atoms in total. The second-order valence-corrected chi connectivity index (χ2v) is 4.74. The summed E-state index contributed by atoms with van der Waals surface area (Å²) in [7, 11) is 1.61. The maximum absolute atomic E-state index is 9.66. The van der Waals surface area contributed by atoms with Gasteiger partial charge in [-0.3, -0.25) is 0 Å². The van der Waals surface area contributed by atoms with Crippen LogP contribution in [0.1, 0.15) is 24.4 Å². The Balaban J connectivity index is 1.90. The lowest BCUT2D eigenvalue weighted by Crippen LogP contribution is -2.33. The highest BCUT2D eigenvalue weighted by atomic mass is 16.5. The highest BCUT2D eigenvalue weighted by Gasteiger charge is 2.32. The topological polar surface area (TPSA) is 41.5 Å². The molecular weight excluding hydrogens is 214 g/mol. The van der Waals surface area contributed by atoms with E-state index >= 15 is 0 Å². The molecule has 0 aromatic heterocycles. The van der Waals surface area contributed by atoms with Crippen LogP contribution in [0.3, 0.4) is 0 Å². The molecule has 1 saturated carbocycles. The highest BCUT2D eigenvalue weighted by Crippen LogP contribution is 2.40. The van der Waals surface area contributed by atoms with Crippen LogP contribution < -0.4 is 5.32 Å². The number of ether oxygens (including phenoxy) is 1. The lowest BCUT2D eigenvalue weighted by atomic mass is 10.0. The number of methoxy groups -OCH3 is 1. The highest BCUT2D eigenvalue weighted by molar-refractivity contribution is 5.21. The normalized spacial score (nSPS) is 18.9. The second-order valence-electron chi connectivity index (χ2n) is 4.74. The molecule has 3 heteroatoms. The second kappa shape index (κ2) is 6.15. The number of nitrogens with one attached hydrogen (secondary N) is 1. The third kappa shape index (κ3) is 3.80. The predicted octanol–water partition coefficient (Wildman–Crippen LogP) is 1.73. The molecule has 0 heterocycles. The minimum Gasteiger partial charge on any atom is -0.389 e. The first-order chi connectivity index (χ1) is 8.31. The van der Waals surface area contributed by atoms with Crippen LogP contribution in [-0.2, 0) is 4.74 Å². The molecule has 2 N–H and O–H groups in total. The molecule has 0 amide bonds. The quantitative estimate of drug-likeness (QED) is 0.756. The summed E-state index contributed by atoms with van der Waals surface area (Å²) in [6, 6.07) is 10.9. The molecule has 1 aromatic carbocycles. The van der Waals surface area contributed by atoms with Crippen molar-refractivity contribution in [2.75, 3.05) is 20.3 Å². The molecule has 2 unspecified atom stereocenters. The van der Waals surface area contributed by atoms with Gasteiger partial charge in [-0.2, -0.15) is 0 Å². The number of benzene rings is 1. The van der Waals surface area contributed by atoms with Crippen LogP contribution in [0.5, 0.6) is 0 Å². The Morgan fingerprint density at radius 1 is 1.35 bits per heavy atom. The van der Waals surface area contributed by atoms with E-state index < -0.39 is 6.10 Å². The summed E-state index contributed by atoms with van der Waals surface area (Å²) < 4.78 is 4.93. The van der Waals surface area contributed by atoms with Crippen molar-refractivity contribution >= 4 is 0 Å². The standard InChI is InChI=1S/C14H21NO2/c1-17-10-13(16)9-15-14(12-7-8-12)11-5-3-2-4-6-11/h2-6,12-16H,7-10H2,1H3. The first-order valence-corrected chi connectivity index (χ1v) is 6.26. The average Bonchev–Trinajstić information content (AvgIpc) is 3.16. The van der Waals surface area contributed by atoms with E-state index in [4.69, 9.17) is 4.74 Å².